The van der Waals surface area contributed by atoms with Gasteiger partial charge in [-0.3, -0.25) is 0 Å². The molecule has 11 rings (SSSR count). The lowest BCUT2D eigenvalue weighted by atomic mass is 9.81. The lowest BCUT2D eigenvalue weighted by Crippen LogP contribution is -2.21. The van der Waals surface area contributed by atoms with Crippen molar-refractivity contribution in [3.05, 3.63) is 211 Å². The Balaban J connectivity index is 1.11. The van der Waals surface area contributed by atoms with E-state index in [2.05, 4.69) is 219 Å². The van der Waals surface area contributed by atoms with Crippen molar-refractivity contribution >= 4 is 49.8 Å². The van der Waals surface area contributed by atoms with Crippen molar-refractivity contribution in [1.29, 1.82) is 0 Å². The quantitative estimate of drug-likeness (QED) is 0.169. The predicted molar refractivity (Wildman–Crippen MR) is 240 cm³/mol. The Morgan fingerprint density at radius 1 is 0.404 bits per heavy atom. The van der Waals surface area contributed by atoms with Gasteiger partial charge in [0, 0.05) is 33.0 Å². The minimum atomic E-state index is -0.214. The summed E-state index contributed by atoms with van der Waals surface area (Å²) >= 11 is 0. The van der Waals surface area contributed by atoms with Crippen LogP contribution in [0, 0.1) is 0 Å². The average Bonchev–Trinajstić information content (AvgIpc) is 3.75. The zero-order chi connectivity index (χ0) is 38.1. The van der Waals surface area contributed by atoms with Gasteiger partial charge in [-0.05, 0) is 97.7 Å². The Bertz CT molecular complexity index is 3150. The molecule has 0 spiro atoms. The van der Waals surface area contributed by atoms with Crippen LogP contribution in [0.25, 0.3) is 77.2 Å². The molecule has 270 valence electrons. The molecule has 0 N–H and O–H groups in total. The Kier molecular flexibility index (Phi) is 7.55. The van der Waals surface area contributed by atoms with Crippen LogP contribution >= 0.6 is 0 Å². The van der Waals surface area contributed by atoms with Crippen LogP contribution in [0.4, 0.5) is 17.1 Å². The second-order valence-corrected chi connectivity index (χ2v) is 15.7. The second-order valence-electron chi connectivity index (χ2n) is 15.7. The van der Waals surface area contributed by atoms with Crippen LogP contribution in [0.2, 0.25) is 0 Å². The second kappa shape index (κ2) is 13.0. The highest BCUT2D eigenvalue weighted by molar-refractivity contribution is 6.14. The molecule has 2 nitrogen and oxygen atoms in total. The van der Waals surface area contributed by atoms with E-state index >= 15 is 0 Å². The van der Waals surface area contributed by atoms with E-state index in [-0.39, 0.29) is 5.41 Å². The summed E-state index contributed by atoms with van der Waals surface area (Å²) < 4.78 is 6.83. The summed E-state index contributed by atoms with van der Waals surface area (Å²) in [7, 11) is 0. The van der Waals surface area contributed by atoms with Gasteiger partial charge in [0.15, 0.2) is 0 Å². The number of nitrogens with zero attached hydrogens (tertiary/aromatic N) is 1. The van der Waals surface area contributed by atoms with Crippen LogP contribution in [0.5, 0.6) is 0 Å². The smallest absolute Gasteiger partial charge is 0.143 e. The molecule has 10 aromatic rings. The third-order valence-electron chi connectivity index (χ3n) is 12.0. The topological polar surface area (TPSA) is 16.4 Å². The van der Waals surface area contributed by atoms with Crippen LogP contribution in [0.3, 0.4) is 0 Å². The summed E-state index contributed by atoms with van der Waals surface area (Å²) in [6, 6.07) is 72.6. The van der Waals surface area contributed by atoms with Gasteiger partial charge in [-0.1, -0.05) is 172 Å². The zero-order valence-corrected chi connectivity index (χ0v) is 31.9. The first-order chi connectivity index (χ1) is 28.0. The van der Waals surface area contributed by atoms with Crippen LogP contribution in [-0.2, 0) is 5.41 Å². The highest BCUT2D eigenvalue weighted by atomic mass is 16.3. The van der Waals surface area contributed by atoms with Crippen molar-refractivity contribution in [2.75, 3.05) is 4.90 Å². The monoisotopic (exact) mass is 729 g/mol. The number of furan rings is 1. The summed E-state index contributed by atoms with van der Waals surface area (Å²) in [6.45, 7) is 4.74. The van der Waals surface area contributed by atoms with Crippen molar-refractivity contribution in [3.63, 3.8) is 0 Å². The van der Waals surface area contributed by atoms with E-state index in [9.17, 15) is 0 Å². The molecule has 0 radical (unpaired) electrons. The van der Waals surface area contributed by atoms with Gasteiger partial charge in [-0.25, -0.2) is 0 Å². The Labute approximate surface area is 332 Å². The lowest BCUT2D eigenvalue weighted by Gasteiger charge is -2.33. The molecule has 0 fully saturated rings. The summed E-state index contributed by atoms with van der Waals surface area (Å²) in [5, 5.41) is 4.64. The van der Waals surface area contributed by atoms with Gasteiger partial charge in [-0.2, -0.15) is 0 Å². The van der Waals surface area contributed by atoms with Crippen molar-refractivity contribution in [1.82, 2.24) is 0 Å². The SMILES string of the molecule is CC1(C)c2ccccc2-c2cccc(N(c3ccc(-c4cccc(-c5ccccc5)c4)cc3)c3ccccc3-c3cccc4c3oc3cc5ccccc5cc34)c21. The van der Waals surface area contributed by atoms with E-state index in [0.29, 0.717) is 0 Å². The van der Waals surface area contributed by atoms with E-state index in [0.717, 1.165) is 44.4 Å². The minimum Gasteiger partial charge on any atom is -0.455 e. The van der Waals surface area contributed by atoms with E-state index < -0.39 is 0 Å². The normalized spacial score (nSPS) is 12.9. The number of anilines is 3. The van der Waals surface area contributed by atoms with Crippen molar-refractivity contribution < 1.29 is 4.42 Å². The first-order valence-corrected chi connectivity index (χ1v) is 19.8. The van der Waals surface area contributed by atoms with Crippen LogP contribution in [0.15, 0.2) is 205 Å². The molecule has 0 amide bonds. The minimum absolute atomic E-state index is 0.214. The molecule has 0 saturated carbocycles. The molecule has 0 saturated heterocycles. The lowest BCUT2D eigenvalue weighted by molar-refractivity contribution is 0.660. The van der Waals surface area contributed by atoms with Gasteiger partial charge in [-0.15, -0.1) is 0 Å². The number of benzene rings is 9. The van der Waals surface area contributed by atoms with E-state index in [4.69, 9.17) is 4.42 Å². The summed E-state index contributed by atoms with van der Waals surface area (Å²) in [5.41, 5.74) is 17.2. The van der Waals surface area contributed by atoms with Crippen molar-refractivity contribution in [3.8, 4) is 44.5 Å². The molecule has 1 aliphatic carbocycles. The third kappa shape index (κ3) is 5.33. The fourth-order valence-corrected chi connectivity index (χ4v) is 9.32. The summed E-state index contributed by atoms with van der Waals surface area (Å²) in [6.07, 6.45) is 0. The van der Waals surface area contributed by atoms with Gasteiger partial charge in [0.25, 0.3) is 0 Å². The van der Waals surface area contributed by atoms with Gasteiger partial charge in [0.1, 0.15) is 11.2 Å². The Hall–Kier alpha value is -7.16. The number of rotatable bonds is 6. The number of hydrogen-bond acceptors (Lipinski definition) is 2. The highest BCUT2D eigenvalue weighted by Crippen LogP contribution is 2.55. The fraction of sp³-hybridized carbons (Fsp3) is 0.0545. The molecule has 1 heterocycles. The molecule has 0 unspecified atom stereocenters. The predicted octanol–water partition coefficient (Wildman–Crippen LogP) is 15.5. The van der Waals surface area contributed by atoms with E-state index in [1.165, 1.54) is 61.0 Å². The molecule has 0 atom stereocenters. The van der Waals surface area contributed by atoms with E-state index in [1.54, 1.807) is 0 Å². The standard InChI is InChI=1S/C55H39NO/c1-55(2)49-26-10-8-21-43(49)45-23-14-28-51(53(45)55)56(42-31-29-37(30-32-42)39-20-12-19-38(33-39)36-15-4-3-5-16-36)50-27-11-9-22-44(50)46-24-13-25-47-48-34-40-17-6-7-18-41(40)35-52(48)57-54(46)47/h3-35H,1-2H3. The number of fused-ring (bicyclic) bond motifs is 7. The van der Waals surface area contributed by atoms with Crippen molar-refractivity contribution in [2.24, 2.45) is 0 Å². The van der Waals surface area contributed by atoms with Gasteiger partial charge in [0.05, 0.1) is 11.4 Å². The summed E-state index contributed by atoms with van der Waals surface area (Å²) in [4.78, 5) is 2.47. The molecule has 1 aromatic heterocycles. The van der Waals surface area contributed by atoms with Gasteiger partial charge in [0.2, 0.25) is 0 Å². The maximum atomic E-state index is 6.83. The first-order valence-electron chi connectivity index (χ1n) is 19.8. The fourth-order valence-electron chi connectivity index (χ4n) is 9.32. The molecule has 2 heteroatoms. The average molecular weight is 730 g/mol. The molecule has 9 aromatic carbocycles. The van der Waals surface area contributed by atoms with Crippen molar-refractivity contribution in [2.45, 2.75) is 19.3 Å². The third-order valence-corrected chi connectivity index (χ3v) is 12.0. The molecular formula is C55H39NO. The van der Waals surface area contributed by atoms with Crippen LogP contribution in [-0.4, -0.2) is 0 Å². The maximum Gasteiger partial charge on any atom is 0.143 e. The molecule has 0 bridgehead atoms. The molecular weight excluding hydrogens is 691 g/mol. The zero-order valence-electron chi connectivity index (χ0n) is 31.9. The first kappa shape index (κ1) is 33.2. The Morgan fingerprint density at radius 3 is 1.79 bits per heavy atom. The van der Waals surface area contributed by atoms with Gasteiger partial charge >= 0.3 is 0 Å². The molecule has 57 heavy (non-hydrogen) atoms. The number of para-hydroxylation sites is 2. The van der Waals surface area contributed by atoms with E-state index in [1.807, 2.05) is 0 Å². The Morgan fingerprint density at radius 2 is 0.982 bits per heavy atom. The molecule has 0 aliphatic heterocycles. The molecule has 1 aliphatic rings. The highest BCUT2D eigenvalue weighted by Gasteiger charge is 2.39. The maximum absolute atomic E-state index is 6.83. The van der Waals surface area contributed by atoms with Crippen LogP contribution in [0.1, 0.15) is 25.0 Å². The summed E-state index contributed by atoms with van der Waals surface area (Å²) in [5.74, 6) is 0. The van der Waals surface area contributed by atoms with Gasteiger partial charge < -0.3 is 9.32 Å². The number of hydrogen-bond donors (Lipinski definition) is 0. The van der Waals surface area contributed by atoms with Crippen LogP contribution < -0.4 is 4.90 Å². The largest absolute Gasteiger partial charge is 0.455 e.